The number of rotatable bonds is 0. The van der Waals surface area contributed by atoms with Crippen LogP contribution < -0.4 is 10.2 Å². The van der Waals surface area contributed by atoms with E-state index >= 15 is 0 Å². The Hall–Kier alpha value is -1.22. The fourth-order valence-electron chi connectivity index (χ4n) is 2.92. The Bertz CT molecular complexity index is 475. The van der Waals surface area contributed by atoms with E-state index < -0.39 is 0 Å². The Morgan fingerprint density at radius 2 is 2.06 bits per heavy atom. The van der Waals surface area contributed by atoms with Crippen LogP contribution in [0.3, 0.4) is 0 Å². The molecule has 2 heterocycles. The van der Waals surface area contributed by atoms with Crippen LogP contribution >= 0.6 is 11.6 Å². The summed E-state index contributed by atoms with van der Waals surface area (Å²) in [6.45, 7) is 0.965. The number of amides is 1. The molecule has 0 aromatic heterocycles. The van der Waals surface area contributed by atoms with Gasteiger partial charge in [0.1, 0.15) is 6.04 Å². The molecule has 2 aliphatic heterocycles. The van der Waals surface area contributed by atoms with E-state index in [4.69, 9.17) is 11.6 Å². The van der Waals surface area contributed by atoms with Crippen molar-refractivity contribution < 1.29 is 4.79 Å². The lowest BCUT2D eigenvalue weighted by molar-refractivity contribution is -0.117. The largest absolute Gasteiger partial charge is 0.358 e. The third-order valence-corrected chi connectivity index (χ3v) is 4.07. The second-order valence-corrected chi connectivity index (χ2v) is 5.50. The van der Waals surface area contributed by atoms with Gasteiger partial charge in [0.25, 0.3) is 0 Å². The first-order valence-corrected chi connectivity index (χ1v) is 7.00. The normalized spacial score (nSPS) is 23.5. The molecule has 18 heavy (non-hydrogen) atoms. The van der Waals surface area contributed by atoms with Crippen molar-refractivity contribution in [2.75, 3.05) is 16.8 Å². The average molecular weight is 265 g/mol. The third-order valence-electron chi connectivity index (χ3n) is 3.83. The summed E-state index contributed by atoms with van der Waals surface area (Å²) >= 11 is 5.99. The number of carbonyl (C=O) groups is 1. The van der Waals surface area contributed by atoms with Crippen LogP contribution in [-0.4, -0.2) is 18.5 Å². The Kier molecular flexibility index (Phi) is 3.16. The lowest BCUT2D eigenvalue weighted by atomic mass is 9.98. The molecule has 0 saturated carbocycles. The molecule has 3 nitrogen and oxygen atoms in total. The summed E-state index contributed by atoms with van der Waals surface area (Å²) in [4.78, 5) is 14.4. The SMILES string of the molecule is O=C1Nc2cc(Cl)ccc2N2CCCCCCC12. The molecule has 2 aliphatic rings. The summed E-state index contributed by atoms with van der Waals surface area (Å²) in [7, 11) is 0. The molecular weight excluding hydrogens is 248 g/mol. The fourth-order valence-corrected chi connectivity index (χ4v) is 3.09. The lowest BCUT2D eigenvalue weighted by Gasteiger charge is -2.39. The zero-order valence-corrected chi connectivity index (χ0v) is 11.0. The van der Waals surface area contributed by atoms with Crippen LogP contribution in [0.5, 0.6) is 0 Å². The van der Waals surface area contributed by atoms with Gasteiger partial charge in [-0.15, -0.1) is 0 Å². The predicted molar refractivity (Wildman–Crippen MR) is 74.3 cm³/mol. The van der Waals surface area contributed by atoms with Crippen LogP contribution in [0.1, 0.15) is 32.1 Å². The van der Waals surface area contributed by atoms with Gasteiger partial charge >= 0.3 is 0 Å². The number of hydrogen-bond donors (Lipinski definition) is 1. The molecule has 1 saturated heterocycles. The Morgan fingerprint density at radius 1 is 1.22 bits per heavy atom. The molecule has 4 heteroatoms. The molecule has 3 rings (SSSR count). The van der Waals surface area contributed by atoms with Gasteiger partial charge in [0.05, 0.1) is 11.4 Å². The van der Waals surface area contributed by atoms with Crippen LogP contribution in [-0.2, 0) is 4.79 Å². The molecular formula is C14H17ClN2O. The molecule has 1 atom stereocenters. The number of hydrogen-bond acceptors (Lipinski definition) is 2. The summed E-state index contributed by atoms with van der Waals surface area (Å²) in [6.07, 6.45) is 5.75. The first kappa shape index (κ1) is 11.8. The summed E-state index contributed by atoms with van der Waals surface area (Å²) in [6, 6.07) is 5.75. The van der Waals surface area contributed by atoms with Crippen LogP contribution in [0.15, 0.2) is 18.2 Å². The summed E-state index contributed by atoms with van der Waals surface area (Å²) < 4.78 is 0. The molecule has 1 aromatic rings. The summed E-state index contributed by atoms with van der Waals surface area (Å²) in [5.74, 6) is 0.117. The van der Waals surface area contributed by atoms with E-state index in [1.54, 1.807) is 0 Å². The molecule has 0 bridgehead atoms. The van der Waals surface area contributed by atoms with Gasteiger partial charge in [-0.3, -0.25) is 4.79 Å². The van der Waals surface area contributed by atoms with Gasteiger partial charge in [-0.2, -0.15) is 0 Å². The van der Waals surface area contributed by atoms with Crippen molar-refractivity contribution in [3.8, 4) is 0 Å². The minimum absolute atomic E-state index is 0.000949. The lowest BCUT2D eigenvalue weighted by Crippen LogP contribution is -2.49. The summed E-state index contributed by atoms with van der Waals surface area (Å²) in [5, 5.41) is 3.65. The Labute approximate surface area is 112 Å². The van der Waals surface area contributed by atoms with E-state index in [0.717, 1.165) is 37.2 Å². The maximum Gasteiger partial charge on any atom is 0.247 e. The monoisotopic (exact) mass is 264 g/mol. The van der Waals surface area contributed by atoms with E-state index in [-0.39, 0.29) is 11.9 Å². The van der Waals surface area contributed by atoms with Crippen molar-refractivity contribution in [3.63, 3.8) is 0 Å². The number of halogens is 1. The number of fused-ring (bicyclic) bond motifs is 3. The van der Waals surface area contributed by atoms with Crippen LogP contribution in [0.4, 0.5) is 11.4 Å². The van der Waals surface area contributed by atoms with Gasteiger partial charge in [0, 0.05) is 11.6 Å². The van der Waals surface area contributed by atoms with Gasteiger partial charge in [0.2, 0.25) is 5.91 Å². The van der Waals surface area contributed by atoms with Gasteiger partial charge in [-0.1, -0.05) is 30.9 Å². The van der Waals surface area contributed by atoms with Crippen molar-refractivity contribution in [1.82, 2.24) is 0 Å². The van der Waals surface area contributed by atoms with Crippen molar-refractivity contribution in [2.45, 2.75) is 38.1 Å². The molecule has 1 unspecified atom stereocenters. The van der Waals surface area contributed by atoms with E-state index in [1.807, 2.05) is 18.2 Å². The van der Waals surface area contributed by atoms with E-state index in [1.165, 1.54) is 12.8 Å². The molecule has 0 spiro atoms. The molecule has 96 valence electrons. The van der Waals surface area contributed by atoms with Crippen molar-refractivity contribution >= 4 is 28.9 Å². The fraction of sp³-hybridized carbons (Fsp3) is 0.500. The number of benzene rings is 1. The maximum atomic E-state index is 12.2. The number of nitrogens with zero attached hydrogens (tertiary/aromatic N) is 1. The van der Waals surface area contributed by atoms with Gasteiger partial charge < -0.3 is 10.2 Å². The number of carbonyl (C=O) groups excluding carboxylic acids is 1. The zero-order valence-electron chi connectivity index (χ0n) is 10.3. The molecule has 1 aromatic carbocycles. The quantitative estimate of drug-likeness (QED) is 0.779. The predicted octanol–water partition coefficient (Wildman–Crippen LogP) is 3.43. The summed E-state index contributed by atoms with van der Waals surface area (Å²) in [5.41, 5.74) is 1.97. The van der Waals surface area contributed by atoms with Gasteiger partial charge in [-0.05, 0) is 31.0 Å². The topological polar surface area (TPSA) is 32.3 Å². The molecule has 0 aliphatic carbocycles. The minimum Gasteiger partial charge on any atom is -0.358 e. The van der Waals surface area contributed by atoms with Gasteiger partial charge in [-0.25, -0.2) is 0 Å². The third kappa shape index (κ3) is 2.07. The Balaban J connectivity index is 1.99. The van der Waals surface area contributed by atoms with Crippen molar-refractivity contribution in [2.24, 2.45) is 0 Å². The van der Waals surface area contributed by atoms with Crippen LogP contribution in [0, 0.1) is 0 Å². The highest BCUT2D eigenvalue weighted by atomic mass is 35.5. The molecule has 1 fully saturated rings. The minimum atomic E-state index is -0.000949. The molecule has 1 amide bonds. The van der Waals surface area contributed by atoms with Crippen LogP contribution in [0.2, 0.25) is 5.02 Å². The first-order chi connectivity index (χ1) is 8.75. The highest BCUT2D eigenvalue weighted by molar-refractivity contribution is 6.31. The van der Waals surface area contributed by atoms with E-state index in [0.29, 0.717) is 5.02 Å². The van der Waals surface area contributed by atoms with Gasteiger partial charge in [0.15, 0.2) is 0 Å². The van der Waals surface area contributed by atoms with Crippen molar-refractivity contribution in [3.05, 3.63) is 23.2 Å². The number of anilines is 2. The van der Waals surface area contributed by atoms with E-state index in [9.17, 15) is 4.79 Å². The van der Waals surface area contributed by atoms with E-state index in [2.05, 4.69) is 10.2 Å². The molecule has 0 radical (unpaired) electrons. The van der Waals surface area contributed by atoms with Crippen molar-refractivity contribution in [1.29, 1.82) is 0 Å². The highest BCUT2D eigenvalue weighted by Gasteiger charge is 2.32. The second kappa shape index (κ2) is 4.81. The highest BCUT2D eigenvalue weighted by Crippen LogP contribution is 2.36. The zero-order chi connectivity index (χ0) is 12.5. The first-order valence-electron chi connectivity index (χ1n) is 6.63. The molecule has 1 N–H and O–H groups in total. The Morgan fingerprint density at radius 3 is 2.94 bits per heavy atom. The smallest absolute Gasteiger partial charge is 0.247 e. The number of nitrogens with one attached hydrogen (secondary N) is 1. The average Bonchev–Trinajstić information content (AvgIpc) is 2.29. The second-order valence-electron chi connectivity index (χ2n) is 5.06. The standard InChI is InChI=1S/C14H17ClN2O/c15-10-6-7-12-11(9-10)16-14(18)13-5-3-1-2-4-8-17(12)13/h6-7,9,13H,1-5,8H2,(H,16,18). The van der Waals surface area contributed by atoms with Crippen LogP contribution in [0.25, 0.3) is 0 Å². The maximum absolute atomic E-state index is 12.2.